The van der Waals surface area contributed by atoms with E-state index in [4.69, 9.17) is 12.2 Å². The van der Waals surface area contributed by atoms with Crippen molar-refractivity contribution in [1.82, 2.24) is 19.1 Å². The van der Waals surface area contributed by atoms with E-state index in [0.717, 1.165) is 16.4 Å². The van der Waals surface area contributed by atoms with Crippen molar-refractivity contribution in [2.75, 3.05) is 5.75 Å². The fourth-order valence-electron chi connectivity index (χ4n) is 2.42. The highest BCUT2D eigenvalue weighted by atomic mass is 32.2. The molecule has 7 heteroatoms. The molecule has 0 aliphatic carbocycles. The van der Waals surface area contributed by atoms with Crippen molar-refractivity contribution in [1.29, 1.82) is 0 Å². The van der Waals surface area contributed by atoms with E-state index in [1.807, 2.05) is 0 Å². The van der Waals surface area contributed by atoms with Gasteiger partial charge in [-0.25, -0.2) is 9.78 Å². The molecule has 0 fully saturated rings. The minimum atomic E-state index is -0.142. The first-order chi connectivity index (χ1) is 10.6. The highest BCUT2D eigenvalue weighted by Gasteiger charge is 2.11. The van der Waals surface area contributed by atoms with Crippen molar-refractivity contribution in [3.05, 3.63) is 15.1 Å². The van der Waals surface area contributed by atoms with Gasteiger partial charge in [-0.2, -0.15) is 0 Å². The molecule has 2 heterocycles. The molecule has 0 saturated carbocycles. The first-order valence-electron chi connectivity index (χ1n) is 7.84. The van der Waals surface area contributed by atoms with E-state index in [0.29, 0.717) is 10.3 Å². The Kier molecular flexibility index (Phi) is 6.26. The summed E-state index contributed by atoms with van der Waals surface area (Å²) in [5.41, 5.74) is 1.26. The first kappa shape index (κ1) is 17.3. The van der Waals surface area contributed by atoms with Crippen LogP contribution in [0.2, 0.25) is 0 Å². The zero-order valence-corrected chi connectivity index (χ0v) is 15.1. The molecule has 0 saturated heterocycles. The molecule has 2 aromatic rings. The highest BCUT2D eigenvalue weighted by Crippen LogP contribution is 2.20. The van der Waals surface area contributed by atoms with Crippen LogP contribution in [-0.2, 0) is 14.1 Å². The van der Waals surface area contributed by atoms with Gasteiger partial charge in [-0.3, -0.25) is 9.13 Å². The number of hydrogen-bond donors (Lipinski definition) is 1. The van der Waals surface area contributed by atoms with Gasteiger partial charge in [0.15, 0.2) is 10.8 Å². The fourth-order valence-corrected chi connectivity index (χ4v) is 3.51. The van der Waals surface area contributed by atoms with Crippen LogP contribution in [0.5, 0.6) is 0 Å². The summed E-state index contributed by atoms with van der Waals surface area (Å²) in [5.74, 6) is 1.04. The molecule has 0 aromatic carbocycles. The number of nitrogens with one attached hydrogen (secondary N) is 1. The number of aromatic amines is 1. The number of H-pyrrole nitrogens is 1. The quantitative estimate of drug-likeness (QED) is 0.451. The Labute approximate surface area is 140 Å². The van der Waals surface area contributed by atoms with Crippen LogP contribution >= 0.6 is 24.0 Å². The highest BCUT2D eigenvalue weighted by molar-refractivity contribution is 7.99. The Balaban J connectivity index is 1.99. The number of imidazole rings is 1. The second kappa shape index (κ2) is 7.97. The van der Waals surface area contributed by atoms with Gasteiger partial charge in [-0.05, 0) is 6.42 Å². The third-order valence-electron chi connectivity index (χ3n) is 3.81. The van der Waals surface area contributed by atoms with E-state index >= 15 is 0 Å². The molecule has 22 heavy (non-hydrogen) atoms. The lowest BCUT2D eigenvalue weighted by molar-refractivity contribution is 0.627. The summed E-state index contributed by atoms with van der Waals surface area (Å²) in [5, 5.41) is 0.843. The molecule has 0 aliphatic heterocycles. The Morgan fingerprint density at radius 1 is 1.14 bits per heavy atom. The number of fused-ring (bicyclic) bond motifs is 1. The van der Waals surface area contributed by atoms with Gasteiger partial charge in [0.2, 0.25) is 0 Å². The summed E-state index contributed by atoms with van der Waals surface area (Å²) in [6, 6.07) is 0. The van der Waals surface area contributed by atoms with Crippen molar-refractivity contribution in [3.8, 4) is 0 Å². The lowest BCUT2D eigenvalue weighted by Gasteiger charge is -2.02. The molecule has 0 aliphatic rings. The van der Waals surface area contributed by atoms with Crippen LogP contribution in [0.4, 0.5) is 0 Å². The maximum absolute atomic E-state index is 12.0. The summed E-state index contributed by atoms with van der Waals surface area (Å²) < 4.78 is 3.52. The summed E-state index contributed by atoms with van der Waals surface area (Å²) in [6.07, 6.45) is 7.74. The van der Waals surface area contributed by atoms with Crippen LogP contribution in [0.25, 0.3) is 11.2 Å². The summed E-state index contributed by atoms with van der Waals surface area (Å²) in [4.78, 5) is 19.8. The van der Waals surface area contributed by atoms with Gasteiger partial charge in [0, 0.05) is 19.8 Å². The van der Waals surface area contributed by atoms with Crippen LogP contribution < -0.4 is 5.69 Å². The van der Waals surface area contributed by atoms with Crippen molar-refractivity contribution in [3.63, 3.8) is 0 Å². The van der Waals surface area contributed by atoms with Gasteiger partial charge in [-0.15, -0.1) is 0 Å². The minimum Gasteiger partial charge on any atom is -0.329 e. The zero-order chi connectivity index (χ0) is 16.1. The van der Waals surface area contributed by atoms with Crippen LogP contribution in [0.3, 0.4) is 0 Å². The lowest BCUT2D eigenvalue weighted by Crippen LogP contribution is -2.27. The van der Waals surface area contributed by atoms with Crippen molar-refractivity contribution in [2.24, 2.45) is 14.1 Å². The van der Waals surface area contributed by atoms with E-state index in [9.17, 15) is 4.79 Å². The molecule has 0 atom stereocenters. The fraction of sp³-hybridized carbons (Fsp3) is 0.667. The monoisotopic (exact) mass is 340 g/mol. The topological polar surface area (TPSA) is 55.6 Å². The molecule has 5 nitrogen and oxygen atoms in total. The minimum absolute atomic E-state index is 0.142. The molecule has 0 spiro atoms. The number of hydrogen-bond acceptors (Lipinski definition) is 4. The smallest absolute Gasteiger partial charge is 0.329 e. The summed E-state index contributed by atoms with van der Waals surface area (Å²) >= 11 is 7.02. The number of aryl methyl sites for hydroxylation is 1. The van der Waals surface area contributed by atoms with Crippen LogP contribution in [-0.4, -0.2) is 24.9 Å². The number of unbranched alkanes of at least 4 members (excludes halogenated alkanes) is 5. The van der Waals surface area contributed by atoms with Crippen molar-refractivity contribution in [2.45, 2.75) is 50.6 Å². The maximum Gasteiger partial charge on any atom is 0.330 e. The van der Waals surface area contributed by atoms with Gasteiger partial charge < -0.3 is 4.98 Å². The normalized spacial score (nSPS) is 11.4. The van der Waals surface area contributed by atoms with Crippen LogP contribution in [0.15, 0.2) is 9.95 Å². The number of aromatic nitrogens is 4. The molecule has 0 amide bonds. The summed E-state index contributed by atoms with van der Waals surface area (Å²) in [6.45, 7) is 2.23. The molecular weight excluding hydrogens is 316 g/mol. The molecule has 0 radical (unpaired) electrons. The Bertz CT molecular complexity index is 744. The maximum atomic E-state index is 12.0. The van der Waals surface area contributed by atoms with E-state index in [-0.39, 0.29) is 5.69 Å². The van der Waals surface area contributed by atoms with Crippen LogP contribution in [0, 0.1) is 4.64 Å². The molecule has 2 rings (SSSR count). The Hall–Kier alpha value is -1.08. The SMILES string of the molecule is CCCCCCCCSc1nc2c([nH]1)c(=S)n(C)c(=O)n2C. The van der Waals surface area contributed by atoms with Gasteiger partial charge in [0.1, 0.15) is 10.2 Å². The first-order valence-corrected chi connectivity index (χ1v) is 9.24. The molecule has 0 unspecified atom stereocenters. The average Bonchev–Trinajstić information content (AvgIpc) is 2.94. The van der Waals surface area contributed by atoms with E-state index < -0.39 is 0 Å². The molecule has 1 N–H and O–H groups in total. The lowest BCUT2D eigenvalue weighted by atomic mass is 10.1. The Morgan fingerprint density at radius 3 is 2.55 bits per heavy atom. The number of thioether (sulfide) groups is 1. The third kappa shape index (κ3) is 3.81. The summed E-state index contributed by atoms with van der Waals surface area (Å²) in [7, 11) is 3.41. The van der Waals surface area contributed by atoms with Gasteiger partial charge in [0.05, 0.1) is 0 Å². The molecule has 122 valence electrons. The third-order valence-corrected chi connectivity index (χ3v) is 5.25. The Morgan fingerprint density at radius 2 is 1.82 bits per heavy atom. The predicted molar refractivity (Wildman–Crippen MR) is 95.2 cm³/mol. The van der Waals surface area contributed by atoms with Crippen molar-refractivity contribution >= 4 is 35.1 Å². The standard InChI is InChI=1S/C15H24N4OS2/c1-4-5-6-7-8-9-10-22-14-16-11-12(17-14)18(2)15(20)19(3)13(11)21/h4-10H2,1-3H3,(H,16,17). The zero-order valence-electron chi connectivity index (χ0n) is 13.5. The van der Waals surface area contributed by atoms with Crippen molar-refractivity contribution < 1.29 is 0 Å². The van der Waals surface area contributed by atoms with E-state index in [1.54, 1.807) is 25.9 Å². The average molecular weight is 341 g/mol. The van der Waals surface area contributed by atoms with E-state index in [2.05, 4.69) is 16.9 Å². The number of nitrogens with zero attached hydrogens (tertiary/aromatic N) is 3. The van der Waals surface area contributed by atoms with Gasteiger partial charge >= 0.3 is 5.69 Å². The molecular formula is C15H24N4OS2. The predicted octanol–water partition coefficient (Wildman–Crippen LogP) is 3.78. The largest absolute Gasteiger partial charge is 0.330 e. The molecule has 2 aromatic heterocycles. The second-order valence-corrected chi connectivity index (χ2v) is 7.03. The van der Waals surface area contributed by atoms with Gasteiger partial charge in [0.25, 0.3) is 0 Å². The van der Waals surface area contributed by atoms with E-state index in [1.165, 1.54) is 47.7 Å². The second-order valence-electron chi connectivity index (χ2n) is 5.56. The number of rotatable bonds is 8. The van der Waals surface area contributed by atoms with Crippen LogP contribution in [0.1, 0.15) is 45.4 Å². The molecule has 0 bridgehead atoms. The van der Waals surface area contributed by atoms with Gasteiger partial charge in [-0.1, -0.05) is 63.0 Å².